The van der Waals surface area contributed by atoms with E-state index >= 15 is 4.79 Å². The van der Waals surface area contributed by atoms with Gasteiger partial charge in [-0.3, -0.25) is 14.3 Å². The molecule has 1 saturated heterocycles. The van der Waals surface area contributed by atoms with Gasteiger partial charge in [-0.2, -0.15) is 5.10 Å². The van der Waals surface area contributed by atoms with E-state index in [1.165, 1.54) is 21.3 Å². The number of phenolic OH excluding ortho intramolecular Hbond substituents is 1. The Morgan fingerprint density at radius 3 is 2.56 bits per heavy atom. The van der Waals surface area contributed by atoms with E-state index in [2.05, 4.69) is 0 Å². The van der Waals surface area contributed by atoms with Crippen molar-refractivity contribution in [3.05, 3.63) is 109 Å². The maximum Gasteiger partial charge on any atom is 0.347 e. The fourth-order valence-electron chi connectivity index (χ4n) is 8.67. The first kappa shape index (κ1) is 30.8. The van der Waals surface area contributed by atoms with Crippen molar-refractivity contribution >= 4 is 61.4 Å². The molecule has 0 spiro atoms. The summed E-state index contributed by atoms with van der Waals surface area (Å²) in [4.78, 5) is 58.5. The maximum atomic E-state index is 15.0. The van der Waals surface area contributed by atoms with Crippen LogP contribution in [0.15, 0.2) is 81.9 Å². The summed E-state index contributed by atoms with van der Waals surface area (Å²) in [7, 11) is 3.14. The summed E-state index contributed by atoms with van der Waals surface area (Å²) >= 11 is 7.86. The Balaban J connectivity index is 1.22. The molecule has 13 heteroatoms. The lowest BCUT2D eigenvalue weighted by Gasteiger charge is -2.47. The number of aromatic hydroxyl groups is 1. The Hall–Kier alpha value is -5.20. The molecule has 5 heterocycles. The van der Waals surface area contributed by atoms with Gasteiger partial charge in [-0.1, -0.05) is 54.1 Å². The summed E-state index contributed by atoms with van der Waals surface area (Å²) in [6.45, 7) is 3.91. The number of hydrogen-bond acceptors (Lipinski definition) is 7. The predicted molar refractivity (Wildman–Crippen MR) is 192 cm³/mol. The van der Waals surface area contributed by atoms with Gasteiger partial charge in [0.15, 0.2) is 0 Å². The maximum absolute atomic E-state index is 15.0. The Morgan fingerprint density at radius 1 is 0.980 bits per heavy atom. The van der Waals surface area contributed by atoms with Gasteiger partial charge in [0.05, 0.1) is 28.8 Å². The SMILES string of the molecule is Cc1c(-c2cc(N3C(=O)C4CC5C(=CCn6c(=O)n(C)c(=O)n65)C(c5ccc6ccccc6c5O)C4(C)C3=O)n(C)n2)sc2ccc(Cl)cc12. The van der Waals surface area contributed by atoms with E-state index < -0.39 is 46.5 Å². The molecule has 3 aromatic heterocycles. The fourth-order valence-corrected chi connectivity index (χ4v) is 9.99. The molecule has 2 fully saturated rings. The van der Waals surface area contributed by atoms with Crippen LogP contribution in [0.1, 0.15) is 36.4 Å². The van der Waals surface area contributed by atoms with E-state index in [4.69, 9.17) is 16.7 Å². The molecule has 1 aliphatic carbocycles. The van der Waals surface area contributed by atoms with Gasteiger partial charge in [0.25, 0.3) is 0 Å². The van der Waals surface area contributed by atoms with Crippen molar-refractivity contribution in [3.63, 3.8) is 0 Å². The van der Waals surface area contributed by atoms with Crippen LogP contribution in [-0.2, 0) is 30.2 Å². The Labute approximate surface area is 293 Å². The summed E-state index contributed by atoms with van der Waals surface area (Å²) in [5.74, 6) is -2.15. The number of nitrogens with zero attached hydrogens (tertiary/aromatic N) is 6. The molecule has 11 nitrogen and oxygen atoms in total. The zero-order valence-electron chi connectivity index (χ0n) is 27.5. The molecular weight excluding hydrogens is 676 g/mol. The highest BCUT2D eigenvalue weighted by molar-refractivity contribution is 7.22. The van der Waals surface area contributed by atoms with Crippen molar-refractivity contribution in [3.8, 4) is 16.3 Å². The monoisotopic (exact) mass is 706 g/mol. The Morgan fingerprint density at radius 2 is 1.76 bits per heavy atom. The standard InChI is InChI=1S/C37H31ClN6O5S/c1-18-24-15-20(38)10-12-28(24)50-32(18)26-17-29(41(4)39-26)43-33(46)25-16-27-22(13-14-42-35(48)40(3)36(49)44(27)42)30(37(25,2)34(43)47)23-11-9-19-7-5-6-8-21(19)31(23)45/h5-13,15,17,25,27,30,45H,14,16H2,1-4H3. The fraction of sp³-hybridized carbons (Fsp3) is 0.270. The van der Waals surface area contributed by atoms with Crippen molar-refractivity contribution in [1.29, 1.82) is 0 Å². The van der Waals surface area contributed by atoms with Crippen LogP contribution in [0, 0.1) is 18.3 Å². The highest BCUT2D eigenvalue weighted by Crippen LogP contribution is 2.62. The highest BCUT2D eigenvalue weighted by Gasteiger charge is 2.66. The van der Waals surface area contributed by atoms with Crippen LogP contribution in [0.4, 0.5) is 5.82 Å². The minimum Gasteiger partial charge on any atom is -0.507 e. The number of allylic oxidation sites excluding steroid dienone is 2. The number of anilines is 1. The topological polar surface area (TPSA) is 124 Å². The summed E-state index contributed by atoms with van der Waals surface area (Å²) in [5, 5.41) is 19.7. The number of carbonyl (C=O) groups excluding carboxylic acids is 2. The van der Waals surface area contributed by atoms with Gasteiger partial charge in [-0.05, 0) is 60.4 Å². The van der Waals surface area contributed by atoms with E-state index in [1.807, 2.05) is 67.6 Å². The molecule has 6 aromatic rings. The summed E-state index contributed by atoms with van der Waals surface area (Å²) < 4.78 is 6.45. The number of aromatic nitrogens is 5. The van der Waals surface area contributed by atoms with Crippen molar-refractivity contribution in [2.75, 3.05) is 4.90 Å². The van der Waals surface area contributed by atoms with Crippen molar-refractivity contribution < 1.29 is 14.7 Å². The Kier molecular flexibility index (Phi) is 6.42. The van der Waals surface area contributed by atoms with Crippen molar-refractivity contribution in [2.45, 2.75) is 38.8 Å². The van der Waals surface area contributed by atoms with E-state index in [0.717, 1.165) is 36.1 Å². The molecule has 3 aliphatic rings. The molecule has 4 atom stereocenters. The second-order valence-corrected chi connectivity index (χ2v) is 15.2. The number of amides is 2. The van der Waals surface area contributed by atoms with Crippen LogP contribution in [-0.4, -0.2) is 40.6 Å². The smallest absolute Gasteiger partial charge is 0.347 e. The molecule has 2 amide bonds. The first-order valence-electron chi connectivity index (χ1n) is 16.3. The molecule has 50 heavy (non-hydrogen) atoms. The molecule has 4 unspecified atom stereocenters. The van der Waals surface area contributed by atoms with Crippen LogP contribution in [0.5, 0.6) is 5.75 Å². The minimum atomic E-state index is -1.34. The molecule has 9 rings (SSSR count). The zero-order chi connectivity index (χ0) is 35.0. The summed E-state index contributed by atoms with van der Waals surface area (Å²) in [6, 6.07) is 17.9. The molecule has 1 N–H and O–H groups in total. The Bertz CT molecular complexity index is 2660. The van der Waals surface area contributed by atoms with E-state index in [1.54, 1.807) is 36.1 Å². The van der Waals surface area contributed by atoms with Gasteiger partial charge in [-0.25, -0.2) is 28.4 Å². The molecule has 1 saturated carbocycles. The number of hydrogen-bond donors (Lipinski definition) is 1. The predicted octanol–water partition coefficient (Wildman–Crippen LogP) is 5.65. The van der Waals surface area contributed by atoms with E-state index in [0.29, 0.717) is 27.5 Å². The van der Waals surface area contributed by atoms with E-state index in [-0.39, 0.29) is 18.7 Å². The normalized spacial score (nSPS) is 23.0. The molecule has 0 radical (unpaired) electrons. The third-order valence-electron chi connectivity index (χ3n) is 11.2. The molecular formula is C37H31ClN6O5S. The average molecular weight is 707 g/mol. The van der Waals surface area contributed by atoms with Crippen LogP contribution in [0.2, 0.25) is 5.02 Å². The summed E-state index contributed by atoms with van der Waals surface area (Å²) in [6.07, 6.45) is 2.00. The molecule has 3 aromatic carbocycles. The first-order chi connectivity index (χ1) is 23.9. The lowest BCUT2D eigenvalue weighted by atomic mass is 9.56. The number of carbonyl (C=O) groups is 2. The number of benzene rings is 3. The van der Waals surface area contributed by atoms with Gasteiger partial charge >= 0.3 is 11.4 Å². The highest BCUT2D eigenvalue weighted by atomic mass is 35.5. The number of fused-ring (bicyclic) bond motifs is 6. The van der Waals surface area contributed by atoms with Gasteiger partial charge in [0.1, 0.15) is 17.3 Å². The molecule has 252 valence electrons. The quantitative estimate of drug-likeness (QED) is 0.188. The van der Waals surface area contributed by atoms with Crippen LogP contribution < -0.4 is 16.3 Å². The van der Waals surface area contributed by atoms with Gasteiger partial charge < -0.3 is 5.11 Å². The number of aryl methyl sites for hydroxylation is 2. The number of halogens is 1. The van der Waals surface area contributed by atoms with Crippen LogP contribution >= 0.6 is 22.9 Å². The number of phenols is 1. The third kappa shape index (κ3) is 3.88. The molecule has 2 aliphatic heterocycles. The number of imide groups is 1. The van der Waals surface area contributed by atoms with Gasteiger partial charge in [0.2, 0.25) is 11.8 Å². The summed E-state index contributed by atoms with van der Waals surface area (Å²) in [5.41, 5.74) is 0.531. The van der Waals surface area contributed by atoms with Crippen LogP contribution in [0.3, 0.4) is 0 Å². The number of thiophene rings is 1. The average Bonchev–Trinajstić information content (AvgIpc) is 3.76. The molecule has 0 bridgehead atoms. The third-order valence-corrected chi connectivity index (χ3v) is 12.7. The van der Waals surface area contributed by atoms with Crippen molar-refractivity contribution in [2.24, 2.45) is 25.4 Å². The minimum absolute atomic E-state index is 0.0138. The van der Waals surface area contributed by atoms with Crippen molar-refractivity contribution in [1.82, 2.24) is 23.7 Å². The zero-order valence-corrected chi connectivity index (χ0v) is 29.1. The second-order valence-electron chi connectivity index (χ2n) is 13.7. The first-order valence-corrected chi connectivity index (χ1v) is 17.5. The largest absolute Gasteiger partial charge is 0.507 e. The lowest BCUT2D eigenvalue weighted by molar-refractivity contribution is -0.129. The van der Waals surface area contributed by atoms with Crippen LogP contribution in [0.25, 0.3) is 31.4 Å². The lowest BCUT2D eigenvalue weighted by Crippen LogP contribution is -2.49. The van der Waals surface area contributed by atoms with E-state index in [9.17, 15) is 19.5 Å². The van der Waals surface area contributed by atoms with Gasteiger partial charge in [0, 0.05) is 46.8 Å². The number of rotatable bonds is 3. The van der Waals surface area contributed by atoms with Gasteiger partial charge in [-0.15, -0.1) is 11.3 Å². The second kappa shape index (κ2) is 10.4.